The fourth-order valence-corrected chi connectivity index (χ4v) is 7.32. The minimum absolute atomic E-state index is 0.0105. The Labute approximate surface area is 181 Å². The summed E-state index contributed by atoms with van der Waals surface area (Å²) in [5.74, 6) is -0.855. The van der Waals surface area contributed by atoms with Crippen LogP contribution in [0.15, 0.2) is 23.8 Å². The monoisotopic (exact) mass is 430 g/mol. The first kappa shape index (κ1) is 21.9. The average molecular weight is 430 g/mol. The van der Waals surface area contributed by atoms with Gasteiger partial charge in [0.05, 0.1) is 12.7 Å². The maximum absolute atomic E-state index is 12.9. The van der Waals surface area contributed by atoms with E-state index in [0.29, 0.717) is 6.42 Å². The van der Waals surface area contributed by atoms with Crippen LogP contribution >= 0.6 is 0 Å². The van der Waals surface area contributed by atoms with Gasteiger partial charge in [-0.1, -0.05) is 25.5 Å². The van der Waals surface area contributed by atoms with Crippen LogP contribution in [0.1, 0.15) is 52.9 Å². The van der Waals surface area contributed by atoms with Gasteiger partial charge in [0.25, 0.3) is 0 Å². The zero-order valence-electron chi connectivity index (χ0n) is 18.3. The van der Waals surface area contributed by atoms with Gasteiger partial charge in [-0.05, 0) is 63.0 Å². The van der Waals surface area contributed by atoms with Gasteiger partial charge in [-0.2, -0.15) is 0 Å². The number of rotatable bonds is 4. The first-order chi connectivity index (χ1) is 14.6. The molecule has 0 aromatic rings. The predicted molar refractivity (Wildman–Crippen MR) is 110 cm³/mol. The van der Waals surface area contributed by atoms with Gasteiger partial charge in [-0.3, -0.25) is 14.4 Å². The van der Waals surface area contributed by atoms with Crippen LogP contribution in [-0.4, -0.2) is 47.4 Å². The van der Waals surface area contributed by atoms with Gasteiger partial charge in [0.2, 0.25) is 5.78 Å². The van der Waals surface area contributed by atoms with Crippen molar-refractivity contribution < 1.29 is 33.8 Å². The lowest BCUT2D eigenvalue weighted by atomic mass is 9.46. The Morgan fingerprint density at radius 2 is 2.03 bits per heavy atom. The molecule has 3 fully saturated rings. The third-order valence-corrected chi connectivity index (χ3v) is 8.64. The number of aliphatic hydroxyl groups excluding tert-OH is 1. The van der Waals surface area contributed by atoms with E-state index < -0.39 is 34.5 Å². The molecule has 7 heteroatoms. The number of hydrogen-bond acceptors (Lipinski definition) is 7. The van der Waals surface area contributed by atoms with Crippen molar-refractivity contribution in [2.24, 2.45) is 28.6 Å². The number of carbonyl (C=O) groups is 4. The van der Waals surface area contributed by atoms with E-state index in [4.69, 9.17) is 9.47 Å². The molecular weight excluding hydrogens is 400 g/mol. The summed E-state index contributed by atoms with van der Waals surface area (Å²) in [5.41, 5.74) is -1.91. The second-order valence-corrected chi connectivity index (χ2v) is 9.84. The third-order valence-electron chi connectivity index (χ3n) is 8.64. The van der Waals surface area contributed by atoms with E-state index in [1.807, 2.05) is 13.0 Å². The van der Waals surface area contributed by atoms with Crippen molar-refractivity contribution in [3.05, 3.63) is 23.8 Å². The molecule has 4 aliphatic rings. The second kappa shape index (κ2) is 7.40. The van der Waals surface area contributed by atoms with Crippen LogP contribution in [0.3, 0.4) is 0 Å². The van der Waals surface area contributed by atoms with Gasteiger partial charge in [-0.25, -0.2) is 4.79 Å². The fourth-order valence-electron chi connectivity index (χ4n) is 7.32. The number of aldehydes is 1. The number of Topliss-reactive ketones (excluding diaryl/α,β-unsaturated/α-hetero) is 1. The summed E-state index contributed by atoms with van der Waals surface area (Å²) in [6.45, 7) is 5.66. The highest BCUT2D eigenvalue weighted by Crippen LogP contribution is 2.67. The van der Waals surface area contributed by atoms with E-state index in [-0.39, 0.29) is 49.3 Å². The predicted octanol–water partition coefficient (Wildman–Crippen LogP) is 2.95. The highest BCUT2D eigenvalue weighted by molar-refractivity contribution is 6.29. The van der Waals surface area contributed by atoms with Gasteiger partial charge in [0.1, 0.15) is 0 Å². The maximum atomic E-state index is 12.9. The standard InChI is InChI=1S/C24H30O7/c1-4-30-21(29)31-24(19(28)13-25)10-8-17-16-6-5-14-11-15(26)7-9-22(14,2)20(16)18(27)12-23(17,24)3/h7,9,11,13,16-18,20,27H,4-6,8,10,12H2,1-3H3/t16-,17-,18-,20+,22-,23-,24-/m0/s1. The first-order valence-electron chi connectivity index (χ1n) is 11.1. The number of carbonyl (C=O) groups excluding carboxylic acids is 4. The molecule has 31 heavy (non-hydrogen) atoms. The van der Waals surface area contributed by atoms with Gasteiger partial charge in [0.15, 0.2) is 17.7 Å². The Balaban J connectivity index is 1.74. The lowest BCUT2D eigenvalue weighted by Gasteiger charge is -2.59. The van der Waals surface area contributed by atoms with E-state index >= 15 is 0 Å². The van der Waals surface area contributed by atoms with Crippen LogP contribution in [0.2, 0.25) is 0 Å². The highest BCUT2D eigenvalue weighted by Gasteiger charge is 2.70. The topological polar surface area (TPSA) is 107 Å². The highest BCUT2D eigenvalue weighted by atomic mass is 16.7. The number of hydrogen-bond donors (Lipinski definition) is 1. The third kappa shape index (κ3) is 2.96. The molecule has 0 aliphatic heterocycles. The van der Waals surface area contributed by atoms with E-state index in [9.17, 15) is 24.3 Å². The fraction of sp³-hybridized carbons (Fsp3) is 0.667. The summed E-state index contributed by atoms with van der Waals surface area (Å²) >= 11 is 0. The summed E-state index contributed by atoms with van der Waals surface area (Å²) in [6, 6.07) is 0. The molecule has 168 valence electrons. The minimum Gasteiger partial charge on any atom is -0.435 e. The van der Waals surface area contributed by atoms with Crippen LogP contribution < -0.4 is 0 Å². The number of aliphatic hydroxyl groups is 1. The van der Waals surface area contributed by atoms with Gasteiger partial charge in [0, 0.05) is 16.7 Å². The van der Waals surface area contributed by atoms with Gasteiger partial charge < -0.3 is 14.6 Å². The molecule has 0 radical (unpaired) electrons. The number of allylic oxidation sites excluding steroid dienone is 4. The molecule has 7 atom stereocenters. The molecule has 0 bridgehead atoms. The quantitative estimate of drug-likeness (QED) is 0.415. The lowest BCUT2D eigenvalue weighted by molar-refractivity contribution is -0.181. The number of ketones is 2. The van der Waals surface area contributed by atoms with Crippen LogP contribution in [0.25, 0.3) is 0 Å². The normalized spacial score (nSPS) is 43.2. The molecule has 0 heterocycles. The van der Waals surface area contributed by atoms with Crippen LogP contribution in [0.4, 0.5) is 4.79 Å². The Hall–Kier alpha value is -2.28. The maximum Gasteiger partial charge on any atom is 0.509 e. The van der Waals surface area contributed by atoms with Crippen molar-refractivity contribution >= 4 is 24.0 Å². The zero-order chi connectivity index (χ0) is 22.6. The molecule has 0 saturated heterocycles. The molecule has 1 N–H and O–H groups in total. The smallest absolute Gasteiger partial charge is 0.435 e. The molecule has 4 aliphatic carbocycles. The van der Waals surface area contributed by atoms with Gasteiger partial charge >= 0.3 is 6.16 Å². The zero-order valence-corrected chi connectivity index (χ0v) is 18.3. The van der Waals surface area contributed by atoms with Crippen molar-refractivity contribution in [2.45, 2.75) is 64.6 Å². The molecule has 0 amide bonds. The molecular formula is C24H30O7. The molecule has 0 spiro atoms. The van der Waals surface area contributed by atoms with Crippen LogP contribution in [0, 0.1) is 28.6 Å². The number of ether oxygens (including phenoxy) is 2. The SMILES string of the molecule is CCOC(=O)O[C@]1(C(=O)C=O)CC[C@H]2[C@@H]3CCC4=CC(=O)C=C[C@]4(C)[C@H]3[C@@H](O)C[C@@]21C. The second-order valence-electron chi connectivity index (χ2n) is 9.84. The first-order valence-corrected chi connectivity index (χ1v) is 11.1. The lowest BCUT2D eigenvalue weighted by Crippen LogP contribution is -2.62. The van der Waals surface area contributed by atoms with E-state index in [2.05, 4.69) is 6.92 Å². The Bertz CT molecular complexity index is 888. The molecule has 7 nitrogen and oxygen atoms in total. The summed E-state index contributed by atoms with van der Waals surface area (Å²) < 4.78 is 10.6. The molecule has 3 saturated carbocycles. The molecule has 0 aromatic heterocycles. The van der Waals surface area contributed by atoms with E-state index in [0.717, 1.165) is 18.4 Å². The Kier molecular flexibility index (Phi) is 5.23. The number of fused-ring (bicyclic) bond motifs is 5. The molecule has 0 aromatic carbocycles. The molecule has 4 rings (SSSR count). The summed E-state index contributed by atoms with van der Waals surface area (Å²) in [6.07, 6.45) is 6.24. The van der Waals surface area contributed by atoms with E-state index in [1.54, 1.807) is 19.1 Å². The van der Waals surface area contributed by atoms with Crippen molar-refractivity contribution in [1.29, 1.82) is 0 Å². The Morgan fingerprint density at radius 3 is 2.71 bits per heavy atom. The van der Waals surface area contributed by atoms with Crippen molar-refractivity contribution in [3.63, 3.8) is 0 Å². The largest absolute Gasteiger partial charge is 0.509 e. The van der Waals surface area contributed by atoms with Crippen molar-refractivity contribution in [1.82, 2.24) is 0 Å². The molecule has 0 unspecified atom stereocenters. The average Bonchev–Trinajstić information content (AvgIpc) is 3.00. The van der Waals surface area contributed by atoms with Crippen molar-refractivity contribution in [2.75, 3.05) is 6.61 Å². The van der Waals surface area contributed by atoms with Crippen LogP contribution in [0.5, 0.6) is 0 Å². The summed E-state index contributed by atoms with van der Waals surface area (Å²) in [5, 5.41) is 11.4. The minimum atomic E-state index is -1.63. The Morgan fingerprint density at radius 1 is 1.29 bits per heavy atom. The summed E-state index contributed by atoms with van der Waals surface area (Å²) in [4.78, 5) is 48.7. The van der Waals surface area contributed by atoms with Crippen molar-refractivity contribution in [3.8, 4) is 0 Å². The summed E-state index contributed by atoms with van der Waals surface area (Å²) in [7, 11) is 0. The van der Waals surface area contributed by atoms with E-state index in [1.165, 1.54) is 0 Å². The van der Waals surface area contributed by atoms with Gasteiger partial charge in [-0.15, -0.1) is 0 Å². The van der Waals surface area contributed by atoms with Crippen LogP contribution in [-0.2, 0) is 23.9 Å².